The number of amides is 1. The van der Waals surface area contributed by atoms with Crippen molar-refractivity contribution in [3.05, 3.63) is 65.7 Å². The number of hydrogen-bond acceptors (Lipinski definition) is 10. The van der Waals surface area contributed by atoms with Crippen LogP contribution in [0.1, 0.15) is 28.9 Å². The number of sulfone groups is 1. The Balaban J connectivity index is 1.12. The van der Waals surface area contributed by atoms with Crippen LogP contribution in [0.5, 0.6) is 11.5 Å². The van der Waals surface area contributed by atoms with Crippen LogP contribution < -0.4 is 24.6 Å². The molecule has 234 valence electrons. The number of aromatic nitrogens is 3. The lowest BCUT2D eigenvalue weighted by Gasteiger charge is -2.30. The van der Waals surface area contributed by atoms with Crippen molar-refractivity contribution < 1.29 is 35.9 Å². The summed E-state index contributed by atoms with van der Waals surface area (Å²) >= 11 is 0. The number of carbonyl (C=O) groups excluding carboxylic acids is 1. The first-order valence-corrected chi connectivity index (χ1v) is 15.9. The fourth-order valence-electron chi connectivity index (χ4n) is 5.57. The zero-order chi connectivity index (χ0) is 31.3. The molecule has 0 radical (unpaired) electrons. The number of anilines is 3. The zero-order valence-electron chi connectivity index (χ0n) is 23.7. The van der Waals surface area contributed by atoms with Crippen molar-refractivity contribution in [1.29, 1.82) is 0 Å². The molecular weight excluding hydrogens is 613 g/mol. The third-order valence-corrected chi connectivity index (χ3v) is 9.76. The molecule has 0 bridgehead atoms. The first-order chi connectivity index (χ1) is 21.7. The SMILES string of the molecule is O=C(NCc1cc2nc(N3CCOc4ccc(N5CC[C@@H](F)C5)nc43)ccc2cn1)c1cc(F)c2c(c1)S(=O)(=O)[C@@H](F)CCO2. The van der Waals surface area contributed by atoms with Gasteiger partial charge in [-0.25, -0.2) is 31.6 Å². The molecule has 1 saturated heterocycles. The summed E-state index contributed by atoms with van der Waals surface area (Å²) in [5.41, 5.74) is -1.55. The molecule has 45 heavy (non-hydrogen) atoms. The summed E-state index contributed by atoms with van der Waals surface area (Å²) in [5.74, 6) is -0.00321. The maximum absolute atomic E-state index is 14.7. The number of benzene rings is 1. The zero-order valence-corrected chi connectivity index (χ0v) is 24.6. The van der Waals surface area contributed by atoms with Crippen molar-refractivity contribution in [1.82, 2.24) is 20.3 Å². The monoisotopic (exact) mass is 640 g/mol. The Morgan fingerprint density at radius 1 is 1.00 bits per heavy atom. The normalized spacial score (nSPS) is 20.5. The highest BCUT2D eigenvalue weighted by Gasteiger charge is 2.36. The van der Waals surface area contributed by atoms with E-state index in [2.05, 4.69) is 10.3 Å². The van der Waals surface area contributed by atoms with Crippen LogP contribution in [-0.4, -0.2) is 73.8 Å². The number of nitrogens with zero attached hydrogens (tertiary/aromatic N) is 5. The molecule has 0 unspecified atom stereocenters. The second kappa shape index (κ2) is 11.4. The number of ether oxygens (including phenoxy) is 2. The molecule has 3 aliphatic rings. The third-order valence-electron chi connectivity index (χ3n) is 7.94. The Hall–Kier alpha value is -4.66. The van der Waals surface area contributed by atoms with Gasteiger partial charge in [-0.1, -0.05) is 0 Å². The van der Waals surface area contributed by atoms with Crippen molar-refractivity contribution in [3.8, 4) is 11.5 Å². The number of pyridine rings is 3. The minimum absolute atomic E-state index is 0.0783. The Labute approximate surface area is 255 Å². The van der Waals surface area contributed by atoms with Gasteiger partial charge in [0.25, 0.3) is 5.91 Å². The van der Waals surface area contributed by atoms with Crippen LogP contribution in [0.25, 0.3) is 10.9 Å². The average molecular weight is 641 g/mol. The predicted molar refractivity (Wildman–Crippen MR) is 158 cm³/mol. The van der Waals surface area contributed by atoms with Gasteiger partial charge in [-0.2, -0.15) is 0 Å². The average Bonchev–Trinajstić information content (AvgIpc) is 3.44. The van der Waals surface area contributed by atoms with Crippen molar-refractivity contribution in [2.24, 2.45) is 0 Å². The van der Waals surface area contributed by atoms with E-state index in [1.807, 2.05) is 34.1 Å². The van der Waals surface area contributed by atoms with Crippen LogP contribution in [-0.2, 0) is 16.4 Å². The van der Waals surface area contributed by atoms with Crippen molar-refractivity contribution in [3.63, 3.8) is 0 Å². The molecule has 2 atom stereocenters. The number of rotatable bonds is 5. The summed E-state index contributed by atoms with van der Waals surface area (Å²) in [4.78, 5) is 30.0. The molecule has 0 aliphatic carbocycles. The highest BCUT2D eigenvalue weighted by molar-refractivity contribution is 7.92. The van der Waals surface area contributed by atoms with Gasteiger partial charge >= 0.3 is 0 Å². The molecule has 3 aromatic heterocycles. The lowest BCUT2D eigenvalue weighted by Crippen LogP contribution is -2.31. The predicted octanol–water partition coefficient (Wildman–Crippen LogP) is 4.02. The lowest BCUT2D eigenvalue weighted by molar-refractivity contribution is 0.0949. The lowest BCUT2D eigenvalue weighted by atomic mass is 10.2. The van der Waals surface area contributed by atoms with E-state index in [-0.39, 0.29) is 18.7 Å². The van der Waals surface area contributed by atoms with Crippen LogP contribution in [0.2, 0.25) is 0 Å². The summed E-state index contributed by atoms with van der Waals surface area (Å²) in [7, 11) is -4.53. The second-order valence-corrected chi connectivity index (χ2v) is 13.0. The van der Waals surface area contributed by atoms with Gasteiger partial charge in [-0.3, -0.25) is 9.78 Å². The summed E-state index contributed by atoms with van der Waals surface area (Å²) in [5, 5.41) is 3.35. The van der Waals surface area contributed by atoms with Crippen molar-refractivity contribution in [2.75, 3.05) is 42.6 Å². The van der Waals surface area contributed by atoms with Crippen LogP contribution in [0.4, 0.5) is 30.6 Å². The molecule has 1 amide bonds. The summed E-state index contributed by atoms with van der Waals surface area (Å²) in [6, 6.07) is 10.8. The summed E-state index contributed by atoms with van der Waals surface area (Å²) in [6.07, 6.45) is 0.730. The second-order valence-electron chi connectivity index (χ2n) is 10.9. The quantitative estimate of drug-likeness (QED) is 0.342. The van der Waals surface area contributed by atoms with Gasteiger partial charge in [0.1, 0.15) is 29.3 Å². The van der Waals surface area contributed by atoms with Gasteiger partial charge in [-0.05, 0) is 48.9 Å². The van der Waals surface area contributed by atoms with E-state index in [0.29, 0.717) is 67.1 Å². The Bertz CT molecular complexity index is 1930. The van der Waals surface area contributed by atoms with Crippen LogP contribution in [0.15, 0.2) is 53.6 Å². The van der Waals surface area contributed by atoms with Gasteiger partial charge in [0, 0.05) is 30.1 Å². The molecule has 1 aromatic carbocycles. The van der Waals surface area contributed by atoms with Crippen molar-refractivity contribution >= 4 is 44.1 Å². The standard InChI is InChI=1S/C30H27F3N6O5S/c31-19-5-7-38(16-19)26-4-2-23-29(37-26)39(8-10-43-23)27-3-1-17-14-34-20(13-22(17)36-27)15-35-30(40)18-11-21(32)28-24(12-18)45(41,42)25(33)6-9-44-28/h1-4,11-14,19,25H,5-10,15-16H2,(H,35,40)/t19-,25-/m1/s1. The molecule has 6 heterocycles. The van der Waals surface area contributed by atoms with Gasteiger partial charge in [-0.15, -0.1) is 0 Å². The largest absolute Gasteiger partial charge is 0.489 e. The fraction of sp³-hybridized carbons (Fsp3) is 0.333. The molecule has 1 N–H and O–H groups in total. The molecule has 11 nitrogen and oxygen atoms in total. The van der Waals surface area contributed by atoms with Gasteiger partial charge in [0.05, 0.1) is 37.5 Å². The topological polar surface area (TPSA) is 127 Å². The van der Waals surface area contributed by atoms with Gasteiger partial charge in [0.15, 0.2) is 23.1 Å². The molecule has 15 heteroatoms. The van der Waals surface area contributed by atoms with Gasteiger partial charge < -0.3 is 24.6 Å². The van der Waals surface area contributed by atoms with Crippen molar-refractivity contribution in [2.45, 2.75) is 36.0 Å². The molecule has 7 rings (SSSR count). The Kier molecular flexibility index (Phi) is 7.34. The smallest absolute Gasteiger partial charge is 0.251 e. The van der Waals surface area contributed by atoms with Gasteiger partial charge in [0.2, 0.25) is 15.3 Å². The molecule has 4 aromatic rings. The third kappa shape index (κ3) is 5.45. The molecule has 0 spiro atoms. The first-order valence-electron chi connectivity index (χ1n) is 14.4. The van der Waals surface area contributed by atoms with E-state index >= 15 is 0 Å². The van der Waals surface area contributed by atoms with E-state index < -0.39 is 50.3 Å². The molecule has 3 aliphatic heterocycles. The first kappa shape index (κ1) is 29.1. The molecule has 1 fully saturated rings. The molecular formula is C30H27F3N6O5S. The fourth-order valence-corrected chi connectivity index (χ4v) is 6.96. The minimum atomic E-state index is -4.53. The van der Waals surface area contributed by atoms with Crippen LogP contribution >= 0.6 is 0 Å². The number of nitrogens with one attached hydrogen (secondary N) is 1. The maximum Gasteiger partial charge on any atom is 0.251 e. The number of alkyl halides is 2. The number of fused-ring (bicyclic) bond motifs is 3. The Morgan fingerprint density at radius 3 is 2.67 bits per heavy atom. The highest BCUT2D eigenvalue weighted by Crippen LogP contribution is 2.38. The van der Waals surface area contributed by atoms with E-state index in [1.165, 1.54) is 0 Å². The summed E-state index contributed by atoms with van der Waals surface area (Å²) < 4.78 is 78.9. The minimum Gasteiger partial charge on any atom is -0.489 e. The van der Waals surface area contributed by atoms with Crippen LogP contribution in [0.3, 0.4) is 0 Å². The van der Waals surface area contributed by atoms with E-state index in [0.717, 1.165) is 17.5 Å². The summed E-state index contributed by atoms with van der Waals surface area (Å²) in [6.45, 7) is 1.39. The number of halogens is 3. The maximum atomic E-state index is 14.7. The van der Waals surface area contributed by atoms with E-state index in [1.54, 1.807) is 12.3 Å². The van der Waals surface area contributed by atoms with E-state index in [4.69, 9.17) is 19.4 Å². The Morgan fingerprint density at radius 2 is 1.84 bits per heavy atom. The van der Waals surface area contributed by atoms with E-state index in [9.17, 15) is 26.4 Å². The number of carbonyl (C=O) groups is 1. The molecule has 0 saturated carbocycles. The number of hydrogen-bond donors (Lipinski definition) is 1. The highest BCUT2D eigenvalue weighted by atomic mass is 32.2. The van der Waals surface area contributed by atoms with Crippen LogP contribution in [0, 0.1) is 5.82 Å².